The lowest BCUT2D eigenvalue weighted by Crippen LogP contribution is -2.35. The smallest absolute Gasteiger partial charge is 0.302 e. The fraction of sp³-hybridized carbons (Fsp3) is 0.765. The maximum Gasteiger partial charge on any atom is 0.302 e. The van der Waals surface area contributed by atoms with Crippen LogP contribution in [0.5, 0.6) is 0 Å². The minimum absolute atomic E-state index is 0.0231. The summed E-state index contributed by atoms with van der Waals surface area (Å²) >= 11 is 0. The van der Waals surface area contributed by atoms with Gasteiger partial charge in [0, 0.05) is 13.3 Å². The van der Waals surface area contributed by atoms with E-state index in [4.69, 9.17) is 4.74 Å². The van der Waals surface area contributed by atoms with Crippen LogP contribution in [0.25, 0.3) is 0 Å². The first-order valence-corrected chi connectivity index (χ1v) is 7.74. The van der Waals surface area contributed by atoms with E-state index < -0.39 is 0 Å². The van der Waals surface area contributed by atoms with Gasteiger partial charge < -0.3 is 9.53 Å². The normalized spacial score (nSPS) is 28.8. The molecule has 0 aromatic rings. The molecule has 0 heterocycles. The largest absolute Gasteiger partial charge is 0.463 e. The molecule has 0 saturated heterocycles. The maximum absolute atomic E-state index is 11.2. The van der Waals surface area contributed by atoms with Gasteiger partial charge in [-0.2, -0.15) is 0 Å². The van der Waals surface area contributed by atoms with E-state index in [1.807, 2.05) is 0 Å². The first-order chi connectivity index (χ1) is 9.42. The SMILES string of the molecule is CC/C=C(/C(C)CC=O)C1(C)CCCC(OC(C)=O)C1. The molecular formula is C17H28O3. The molecule has 1 saturated carbocycles. The molecule has 0 bridgehead atoms. The van der Waals surface area contributed by atoms with Gasteiger partial charge in [-0.15, -0.1) is 0 Å². The van der Waals surface area contributed by atoms with Gasteiger partial charge in [0.15, 0.2) is 0 Å². The highest BCUT2D eigenvalue weighted by molar-refractivity contribution is 5.66. The van der Waals surface area contributed by atoms with E-state index in [2.05, 4.69) is 26.8 Å². The molecule has 1 aliphatic rings. The van der Waals surface area contributed by atoms with Crippen LogP contribution in [0.1, 0.15) is 66.2 Å². The van der Waals surface area contributed by atoms with Crippen LogP contribution in [0.3, 0.4) is 0 Å². The number of aldehydes is 1. The summed E-state index contributed by atoms with van der Waals surface area (Å²) in [6.45, 7) is 7.98. The van der Waals surface area contributed by atoms with Crippen molar-refractivity contribution < 1.29 is 14.3 Å². The van der Waals surface area contributed by atoms with Gasteiger partial charge in [0.1, 0.15) is 12.4 Å². The molecule has 3 heteroatoms. The number of hydrogen-bond acceptors (Lipinski definition) is 3. The van der Waals surface area contributed by atoms with Crippen LogP contribution >= 0.6 is 0 Å². The second-order valence-electron chi connectivity index (χ2n) is 6.26. The van der Waals surface area contributed by atoms with Gasteiger partial charge in [0.25, 0.3) is 0 Å². The van der Waals surface area contributed by atoms with Gasteiger partial charge in [0.2, 0.25) is 0 Å². The van der Waals surface area contributed by atoms with Crippen LogP contribution < -0.4 is 0 Å². The average molecular weight is 280 g/mol. The van der Waals surface area contributed by atoms with Gasteiger partial charge in [-0.25, -0.2) is 0 Å². The molecule has 1 rings (SSSR count). The molecule has 0 N–H and O–H groups in total. The Hall–Kier alpha value is -1.12. The number of esters is 1. The summed E-state index contributed by atoms with van der Waals surface area (Å²) in [7, 11) is 0. The van der Waals surface area contributed by atoms with E-state index in [0.717, 1.165) is 38.4 Å². The maximum atomic E-state index is 11.2. The molecule has 0 radical (unpaired) electrons. The Balaban J connectivity index is 2.89. The minimum Gasteiger partial charge on any atom is -0.463 e. The van der Waals surface area contributed by atoms with Gasteiger partial charge >= 0.3 is 5.97 Å². The molecule has 114 valence electrons. The van der Waals surface area contributed by atoms with Crippen molar-refractivity contribution in [3.05, 3.63) is 11.6 Å². The second kappa shape index (κ2) is 7.61. The highest BCUT2D eigenvalue weighted by atomic mass is 16.5. The Morgan fingerprint density at radius 3 is 2.75 bits per heavy atom. The molecule has 3 nitrogen and oxygen atoms in total. The second-order valence-corrected chi connectivity index (χ2v) is 6.26. The Bertz CT molecular complexity index is 372. The number of allylic oxidation sites excluding steroid dienone is 2. The van der Waals surface area contributed by atoms with E-state index in [-0.39, 0.29) is 23.4 Å². The molecule has 3 unspecified atom stereocenters. The molecule has 0 aliphatic heterocycles. The van der Waals surface area contributed by atoms with Crippen molar-refractivity contribution in [2.24, 2.45) is 11.3 Å². The summed E-state index contributed by atoms with van der Waals surface area (Å²) in [6, 6.07) is 0. The molecule has 1 aliphatic carbocycles. The summed E-state index contributed by atoms with van der Waals surface area (Å²) in [5.41, 5.74) is 1.42. The van der Waals surface area contributed by atoms with Crippen molar-refractivity contribution in [3.63, 3.8) is 0 Å². The number of carbonyl (C=O) groups excluding carboxylic acids is 2. The van der Waals surface area contributed by atoms with E-state index in [9.17, 15) is 9.59 Å². The third-order valence-corrected chi connectivity index (χ3v) is 4.37. The van der Waals surface area contributed by atoms with E-state index in [1.165, 1.54) is 12.5 Å². The van der Waals surface area contributed by atoms with E-state index in [0.29, 0.717) is 6.42 Å². The van der Waals surface area contributed by atoms with E-state index in [1.54, 1.807) is 0 Å². The van der Waals surface area contributed by atoms with Crippen LogP contribution in [0.4, 0.5) is 0 Å². The number of carbonyl (C=O) groups is 2. The lowest BCUT2D eigenvalue weighted by atomic mass is 9.65. The molecular weight excluding hydrogens is 252 g/mol. The van der Waals surface area contributed by atoms with Crippen molar-refractivity contribution >= 4 is 12.3 Å². The monoisotopic (exact) mass is 280 g/mol. The fourth-order valence-corrected chi connectivity index (χ4v) is 3.56. The van der Waals surface area contributed by atoms with Crippen molar-refractivity contribution in [1.29, 1.82) is 0 Å². The van der Waals surface area contributed by atoms with Crippen molar-refractivity contribution in [3.8, 4) is 0 Å². The highest BCUT2D eigenvalue weighted by Crippen LogP contribution is 2.46. The van der Waals surface area contributed by atoms with Gasteiger partial charge in [-0.1, -0.05) is 32.4 Å². The predicted molar refractivity (Wildman–Crippen MR) is 80.3 cm³/mol. The average Bonchev–Trinajstić information content (AvgIpc) is 2.35. The fourth-order valence-electron chi connectivity index (χ4n) is 3.56. The molecule has 0 aromatic heterocycles. The van der Waals surface area contributed by atoms with Gasteiger partial charge in [-0.05, 0) is 43.4 Å². The summed E-state index contributed by atoms with van der Waals surface area (Å²) in [5, 5.41) is 0. The Labute approximate surface area is 122 Å². The molecule has 1 fully saturated rings. The zero-order valence-electron chi connectivity index (χ0n) is 13.3. The van der Waals surface area contributed by atoms with Gasteiger partial charge in [-0.3, -0.25) is 4.79 Å². The Kier molecular flexibility index (Phi) is 6.44. The lowest BCUT2D eigenvalue weighted by Gasteiger charge is -2.41. The summed E-state index contributed by atoms with van der Waals surface area (Å²) in [6.07, 6.45) is 8.86. The van der Waals surface area contributed by atoms with Crippen LogP contribution in [0.2, 0.25) is 0 Å². The van der Waals surface area contributed by atoms with Gasteiger partial charge in [0.05, 0.1) is 0 Å². The lowest BCUT2D eigenvalue weighted by molar-refractivity contribution is -0.149. The van der Waals surface area contributed by atoms with Crippen molar-refractivity contribution in [2.45, 2.75) is 72.3 Å². The summed E-state index contributed by atoms with van der Waals surface area (Å²) in [4.78, 5) is 22.0. The molecule has 3 atom stereocenters. The summed E-state index contributed by atoms with van der Waals surface area (Å²) in [5.74, 6) is 0.0785. The van der Waals surface area contributed by atoms with Crippen LogP contribution in [-0.2, 0) is 14.3 Å². The first kappa shape index (κ1) is 16.9. The number of rotatable bonds is 6. The summed E-state index contributed by atoms with van der Waals surface area (Å²) < 4.78 is 5.42. The number of hydrogen-bond donors (Lipinski definition) is 0. The third kappa shape index (κ3) is 4.46. The van der Waals surface area contributed by atoms with Crippen LogP contribution in [0, 0.1) is 11.3 Å². The Morgan fingerprint density at radius 2 is 2.20 bits per heavy atom. The number of ether oxygens (including phenoxy) is 1. The molecule has 0 aromatic carbocycles. The quantitative estimate of drug-likeness (QED) is 0.418. The topological polar surface area (TPSA) is 43.4 Å². The zero-order valence-corrected chi connectivity index (χ0v) is 13.3. The molecule has 20 heavy (non-hydrogen) atoms. The first-order valence-electron chi connectivity index (χ1n) is 7.74. The minimum atomic E-state index is -0.193. The Morgan fingerprint density at radius 1 is 1.50 bits per heavy atom. The molecule has 0 amide bonds. The van der Waals surface area contributed by atoms with Crippen molar-refractivity contribution in [1.82, 2.24) is 0 Å². The van der Waals surface area contributed by atoms with E-state index >= 15 is 0 Å². The van der Waals surface area contributed by atoms with Crippen LogP contribution in [0.15, 0.2) is 11.6 Å². The zero-order chi connectivity index (χ0) is 15.2. The van der Waals surface area contributed by atoms with Crippen LogP contribution in [-0.4, -0.2) is 18.4 Å². The predicted octanol–water partition coefficient (Wildman–Crippen LogP) is 4.06. The third-order valence-electron chi connectivity index (χ3n) is 4.37. The molecule has 0 spiro atoms. The highest BCUT2D eigenvalue weighted by Gasteiger charge is 2.37. The standard InChI is InChI=1S/C17H28O3/c1-5-7-16(13(2)9-11-18)17(4)10-6-8-15(12-17)20-14(3)19/h7,11,13,15H,5-6,8-10,12H2,1-4H3/b16-7-. The van der Waals surface area contributed by atoms with Crippen molar-refractivity contribution in [2.75, 3.05) is 0 Å².